The lowest BCUT2D eigenvalue weighted by molar-refractivity contribution is -0.145. The maximum Gasteiger partial charge on any atom is 0.306 e. The average Bonchev–Trinajstić information content (AvgIpc) is 2.56. The number of carbonyl (C=O) groups is 2. The molecule has 1 spiro atoms. The molecule has 102 valence electrons. The van der Waals surface area contributed by atoms with E-state index >= 15 is 0 Å². The summed E-state index contributed by atoms with van der Waals surface area (Å²) in [6, 6.07) is 0. The summed E-state index contributed by atoms with van der Waals surface area (Å²) in [4.78, 5) is 23.6. The Balaban J connectivity index is 2.12. The molecular formula is C14H23NO3. The highest BCUT2D eigenvalue weighted by Gasteiger charge is 2.51. The predicted molar refractivity (Wildman–Crippen MR) is 67.9 cm³/mol. The van der Waals surface area contributed by atoms with Crippen LogP contribution in [0.1, 0.15) is 52.4 Å². The molecule has 1 saturated heterocycles. The number of hydrogen-bond donors (Lipinski definition) is 1. The minimum atomic E-state index is -0.171. The Labute approximate surface area is 108 Å². The monoisotopic (exact) mass is 253 g/mol. The zero-order valence-electron chi connectivity index (χ0n) is 11.3. The molecule has 1 aliphatic carbocycles. The van der Waals surface area contributed by atoms with Gasteiger partial charge in [-0.05, 0) is 19.8 Å². The van der Waals surface area contributed by atoms with Gasteiger partial charge < -0.3 is 10.1 Å². The van der Waals surface area contributed by atoms with Gasteiger partial charge in [-0.25, -0.2) is 0 Å². The zero-order valence-corrected chi connectivity index (χ0v) is 11.3. The van der Waals surface area contributed by atoms with E-state index in [9.17, 15) is 9.59 Å². The predicted octanol–water partition coefficient (Wildman–Crippen LogP) is 2.02. The standard InChI is InChI=1S/C14H23NO3/c1-3-18-12(16)9-11-10(2)13(17)15-14(11)7-5-4-6-8-14/h10-11H,3-9H2,1-2H3,(H,15,17)/t10-,11+/m1/s1. The molecule has 4 heteroatoms. The van der Waals surface area contributed by atoms with Crippen LogP contribution in [0, 0.1) is 11.8 Å². The van der Waals surface area contributed by atoms with Gasteiger partial charge in [-0.3, -0.25) is 9.59 Å². The van der Waals surface area contributed by atoms with Crippen molar-refractivity contribution in [2.75, 3.05) is 6.61 Å². The lowest BCUT2D eigenvalue weighted by Gasteiger charge is -2.39. The SMILES string of the molecule is CCOC(=O)C[C@H]1[C@@H](C)C(=O)NC12CCCCC2. The molecule has 4 nitrogen and oxygen atoms in total. The van der Waals surface area contributed by atoms with E-state index in [4.69, 9.17) is 4.74 Å². The zero-order chi connectivity index (χ0) is 13.2. The number of ether oxygens (including phenoxy) is 1. The summed E-state index contributed by atoms with van der Waals surface area (Å²) in [6.07, 6.45) is 5.91. The van der Waals surface area contributed by atoms with Crippen LogP contribution in [0.25, 0.3) is 0 Å². The van der Waals surface area contributed by atoms with Crippen molar-refractivity contribution in [2.45, 2.75) is 57.9 Å². The molecule has 1 amide bonds. The minimum Gasteiger partial charge on any atom is -0.466 e. The Bertz CT molecular complexity index is 334. The van der Waals surface area contributed by atoms with Crippen molar-refractivity contribution in [3.8, 4) is 0 Å². The smallest absolute Gasteiger partial charge is 0.306 e. The van der Waals surface area contributed by atoms with Gasteiger partial charge in [0.25, 0.3) is 0 Å². The largest absolute Gasteiger partial charge is 0.466 e. The molecule has 18 heavy (non-hydrogen) atoms. The second-order valence-electron chi connectivity index (χ2n) is 5.61. The van der Waals surface area contributed by atoms with Crippen LogP contribution >= 0.6 is 0 Å². The van der Waals surface area contributed by atoms with E-state index < -0.39 is 0 Å². The minimum absolute atomic E-state index is 0.0764. The summed E-state index contributed by atoms with van der Waals surface area (Å²) in [6.45, 7) is 4.16. The van der Waals surface area contributed by atoms with E-state index in [0.717, 1.165) is 25.7 Å². The topological polar surface area (TPSA) is 55.4 Å². The Morgan fingerprint density at radius 1 is 1.39 bits per heavy atom. The fraction of sp³-hybridized carbons (Fsp3) is 0.857. The number of hydrogen-bond acceptors (Lipinski definition) is 3. The van der Waals surface area contributed by atoms with Gasteiger partial charge in [-0.15, -0.1) is 0 Å². The van der Waals surface area contributed by atoms with Crippen LogP contribution in [-0.4, -0.2) is 24.0 Å². The third-order valence-corrected chi connectivity index (χ3v) is 4.54. The van der Waals surface area contributed by atoms with Crippen molar-refractivity contribution in [1.82, 2.24) is 5.32 Å². The van der Waals surface area contributed by atoms with Crippen LogP contribution in [0.4, 0.5) is 0 Å². The first-order valence-corrected chi connectivity index (χ1v) is 7.07. The van der Waals surface area contributed by atoms with Crippen LogP contribution in [0.15, 0.2) is 0 Å². The van der Waals surface area contributed by atoms with Gasteiger partial charge in [0, 0.05) is 17.4 Å². The molecular weight excluding hydrogens is 230 g/mol. The van der Waals surface area contributed by atoms with E-state index in [-0.39, 0.29) is 29.3 Å². The first-order valence-electron chi connectivity index (χ1n) is 7.07. The van der Waals surface area contributed by atoms with Crippen molar-refractivity contribution >= 4 is 11.9 Å². The second-order valence-corrected chi connectivity index (χ2v) is 5.61. The molecule has 1 saturated carbocycles. The normalized spacial score (nSPS) is 30.2. The van der Waals surface area contributed by atoms with Gasteiger partial charge in [-0.2, -0.15) is 0 Å². The molecule has 1 N–H and O–H groups in total. The highest BCUT2D eigenvalue weighted by atomic mass is 16.5. The van der Waals surface area contributed by atoms with Crippen LogP contribution in [0.5, 0.6) is 0 Å². The molecule has 0 radical (unpaired) electrons. The number of carbonyl (C=O) groups excluding carboxylic acids is 2. The maximum atomic E-state index is 11.9. The number of esters is 1. The quantitative estimate of drug-likeness (QED) is 0.783. The van der Waals surface area contributed by atoms with Crippen molar-refractivity contribution < 1.29 is 14.3 Å². The van der Waals surface area contributed by atoms with Crippen molar-refractivity contribution in [3.05, 3.63) is 0 Å². The molecule has 2 atom stereocenters. The molecule has 1 heterocycles. The highest BCUT2D eigenvalue weighted by Crippen LogP contribution is 2.44. The second kappa shape index (κ2) is 5.29. The highest BCUT2D eigenvalue weighted by molar-refractivity contribution is 5.84. The van der Waals surface area contributed by atoms with E-state index in [1.165, 1.54) is 6.42 Å². The first kappa shape index (κ1) is 13.4. The molecule has 0 aromatic heterocycles. The van der Waals surface area contributed by atoms with Crippen LogP contribution in [-0.2, 0) is 14.3 Å². The van der Waals surface area contributed by atoms with E-state index in [1.54, 1.807) is 0 Å². The van der Waals surface area contributed by atoms with Crippen molar-refractivity contribution in [2.24, 2.45) is 11.8 Å². The van der Waals surface area contributed by atoms with Gasteiger partial charge >= 0.3 is 5.97 Å². The summed E-state index contributed by atoms with van der Waals surface area (Å²) in [5, 5.41) is 3.17. The Hall–Kier alpha value is -1.06. The van der Waals surface area contributed by atoms with Gasteiger partial charge in [0.1, 0.15) is 0 Å². The molecule has 1 aliphatic heterocycles. The third kappa shape index (κ3) is 2.38. The van der Waals surface area contributed by atoms with Crippen molar-refractivity contribution in [3.63, 3.8) is 0 Å². The fourth-order valence-electron chi connectivity index (χ4n) is 3.56. The summed E-state index contributed by atoms with van der Waals surface area (Å²) >= 11 is 0. The summed E-state index contributed by atoms with van der Waals surface area (Å²) < 4.78 is 5.04. The molecule has 2 rings (SSSR count). The number of rotatable bonds is 3. The van der Waals surface area contributed by atoms with E-state index in [1.807, 2.05) is 13.8 Å². The molecule has 0 aromatic rings. The molecule has 2 aliphatic rings. The van der Waals surface area contributed by atoms with E-state index in [2.05, 4.69) is 5.32 Å². The maximum absolute atomic E-state index is 11.9. The summed E-state index contributed by atoms with van der Waals surface area (Å²) in [7, 11) is 0. The van der Waals surface area contributed by atoms with Gasteiger partial charge in [0.15, 0.2) is 0 Å². The Morgan fingerprint density at radius 2 is 2.06 bits per heavy atom. The number of nitrogens with one attached hydrogen (secondary N) is 1. The van der Waals surface area contributed by atoms with Gasteiger partial charge in [0.05, 0.1) is 13.0 Å². The fourth-order valence-corrected chi connectivity index (χ4v) is 3.56. The number of amides is 1. The summed E-state index contributed by atoms with van der Waals surface area (Å²) in [5.74, 6) is -0.0427. The van der Waals surface area contributed by atoms with Crippen LogP contribution in [0.3, 0.4) is 0 Å². The average molecular weight is 253 g/mol. The Morgan fingerprint density at radius 3 is 2.67 bits per heavy atom. The van der Waals surface area contributed by atoms with Crippen LogP contribution < -0.4 is 5.32 Å². The lowest BCUT2D eigenvalue weighted by Crippen LogP contribution is -2.48. The molecule has 0 aromatic carbocycles. The van der Waals surface area contributed by atoms with Gasteiger partial charge in [-0.1, -0.05) is 26.2 Å². The molecule has 0 unspecified atom stereocenters. The lowest BCUT2D eigenvalue weighted by atomic mass is 9.70. The van der Waals surface area contributed by atoms with Crippen molar-refractivity contribution in [1.29, 1.82) is 0 Å². The van der Waals surface area contributed by atoms with Gasteiger partial charge in [0.2, 0.25) is 5.91 Å². The van der Waals surface area contributed by atoms with E-state index in [0.29, 0.717) is 13.0 Å². The third-order valence-electron chi connectivity index (χ3n) is 4.54. The summed E-state index contributed by atoms with van der Waals surface area (Å²) in [5.41, 5.74) is -0.137. The molecule has 2 fully saturated rings. The Kier molecular flexibility index (Phi) is 3.93. The van der Waals surface area contributed by atoms with Crippen LogP contribution in [0.2, 0.25) is 0 Å². The first-order chi connectivity index (χ1) is 8.59. The molecule has 0 bridgehead atoms.